The van der Waals surface area contributed by atoms with Crippen LogP contribution < -0.4 is 5.32 Å². The van der Waals surface area contributed by atoms with Gasteiger partial charge in [-0.25, -0.2) is 0 Å². The van der Waals surface area contributed by atoms with E-state index in [4.69, 9.17) is 4.74 Å². The molecule has 1 aliphatic heterocycles. The quantitative estimate of drug-likeness (QED) is 0.882. The molecule has 0 aliphatic carbocycles. The van der Waals surface area contributed by atoms with Gasteiger partial charge in [-0.15, -0.1) is 0 Å². The van der Waals surface area contributed by atoms with E-state index in [1.807, 2.05) is 0 Å². The molecule has 0 saturated carbocycles. The molecule has 1 saturated heterocycles. The molecule has 100 valence electrons. The Morgan fingerprint density at radius 2 is 2.06 bits per heavy atom. The summed E-state index contributed by atoms with van der Waals surface area (Å²) in [6, 6.07) is 8.72. The third kappa shape index (κ3) is 3.56. The Morgan fingerprint density at radius 3 is 2.72 bits per heavy atom. The zero-order valence-corrected chi connectivity index (χ0v) is 11.8. The van der Waals surface area contributed by atoms with Crippen LogP contribution >= 0.6 is 0 Å². The van der Waals surface area contributed by atoms with E-state index in [0.29, 0.717) is 6.10 Å². The molecule has 1 aromatic carbocycles. The molecule has 0 aromatic heterocycles. The van der Waals surface area contributed by atoms with Gasteiger partial charge in [0, 0.05) is 19.7 Å². The van der Waals surface area contributed by atoms with E-state index in [0.717, 1.165) is 19.7 Å². The summed E-state index contributed by atoms with van der Waals surface area (Å²) in [5.41, 5.74) is 3.05. The van der Waals surface area contributed by atoms with Crippen LogP contribution in [0.15, 0.2) is 24.3 Å². The first-order chi connectivity index (χ1) is 8.57. The lowest BCUT2D eigenvalue weighted by Gasteiger charge is -2.23. The Morgan fingerprint density at radius 1 is 1.28 bits per heavy atom. The second-order valence-electron chi connectivity index (χ2n) is 6.17. The lowest BCUT2D eigenvalue weighted by Crippen LogP contribution is -2.27. The predicted octanol–water partition coefficient (Wildman–Crippen LogP) is 3.25. The van der Waals surface area contributed by atoms with Crippen molar-refractivity contribution in [2.75, 3.05) is 13.2 Å². The molecule has 1 N–H and O–H groups in total. The van der Waals surface area contributed by atoms with E-state index in [1.54, 1.807) is 0 Å². The first-order valence-electron chi connectivity index (χ1n) is 6.98. The van der Waals surface area contributed by atoms with Gasteiger partial charge in [-0.1, -0.05) is 45.0 Å². The maximum Gasteiger partial charge on any atom is 0.0700 e. The minimum atomic E-state index is 0.210. The molecular weight excluding hydrogens is 222 g/mol. The van der Waals surface area contributed by atoms with Gasteiger partial charge >= 0.3 is 0 Å². The first-order valence-corrected chi connectivity index (χ1v) is 6.98. The molecule has 2 heteroatoms. The molecule has 1 fully saturated rings. The monoisotopic (exact) mass is 247 g/mol. The van der Waals surface area contributed by atoms with Crippen LogP contribution in [0.5, 0.6) is 0 Å². The summed E-state index contributed by atoms with van der Waals surface area (Å²) < 4.78 is 5.63. The zero-order valence-electron chi connectivity index (χ0n) is 11.8. The number of hydrogen-bond donors (Lipinski definition) is 1. The fourth-order valence-corrected chi connectivity index (χ4v) is 2.58. The Balaban J connectivity index is 1.92. The number of ether oxygens (including phenoxy) is 1. The molecule has 0 spiro atoms. The molecule has 1 heterocycles. The average Bonchev–Trinajstić information content (AvgIpc) is 2.81. The van der Waals surface area contributed by atoms with E-state index in [1.165, 1.54) is 24.0 Å². The highest BCUT2D eigenvalue weighted by atomic mass is 16.5. The lowest BCUT2D eigenvalue weighted by atomic mass is 9.84. The molecule has 18 heavy (non-hydrogen) atoms. The second-order valence-corrected chi connectivity index (χ2v) is 6.17. The van der Waals surface area contributed by atoms with Crippen LogP contribution in [-0.4, -0.2) is 19.3 Å². The van der Waals surface area contributed by atoms with E-state index in [-0.39, 0.29) is 5.41 Å². The minimum absolute atomic E-state index is 0.210. The maximum absolute atomic E-state index is 5.63. The fourth-order valence-electron chi connectivity index (χ4n) is 2.58. The summed E-state index contributed by atoms with van der Waals surface area (Å²) >= 11 is 0. The third-order valence-electron chi connectivity index (χ3n) is 3.54. The summed E-state index contributed by atoms with van der Waals surface area (Å²) in [5, 5.41) is 3.53. The van der Waals surface area contributed by atoms with Gasteiger partial charge in [0.1, 0.15) is 0 Å². The highest BCUT2D eigenvalue weighted by Gasteiger charge is 2.18. The van der Waals surface area contributed by atoms with Crippen LogP contribution in [-0.2, 0) is 16.7 Å². The largest absolute Gasteiger partial charge is 0.377 e. The van der Waals surface area contributed by atoms with Crippen molar-refractivity contribution >= 4 is 0 Å². The van der Waals surface area contributed by atoms with Gasteiger partial charge in [0.05, 0.1) is 6.10 Å². The smallest absolute Gasteiger partial charge is 0.0700 e. The summed E-state index contributed by atoms with van der Waals surface area (Å²) in [7, 11) is 0. The van der Waals surface area contributed by atoms with Gasteiger partial charge in [0.2, 0.25) is 0 Å². The van der Waals surface area contributed by atoms with Gasteiger partial charge in [-0.05, 0) is 29.4 Å². The van der Waals surface area contributed by atoms with Crippen molar-refractivity contribution in [1.82, 2.24) is 5.32 Å². The van der Waals surface area contributed by atoms with E-state index in [9.17, 15) is 0 Å². The van der Waals surface area contributed by atoms with E-state index in [2.05, 4.69) is 50.4 Å². The van der Waals surface area contributed by atoms with E-state index < -0.39 is 0 Å². The van der Waals surface area contributed by atoms with Crippen LogP contribution in [0, 0.1) is 0 Å². The number of nitrogens with one attached hydrogen (secondary N) is 1. The molecule has 1 atom stereocenters. The fraction of sp³-hybridized carbons (Fsp3) is 0.625. The van der Waals surface area contributed by atoms with E-state index >= 15 is 0 Å². The Labute approximate surface area is 111 Å². The zero-order chi connectivity index (χ0) is 13.0. The van der Waals surface area contributed by atoms with Crippen molar-refractivity contribution in [3.8, 4) is 0 Å². The van der Waals surface area contributed by atoms with Crippen molar-refractivity contribution in [3.63, 3.8) is 0 Å². The van der Waals surface area contributed by atoms with Gasteiger partial charge in [-0.3, -0.25) is 0 Å². The predicted molar refractivity (Wildman–Crippen MR) is 75.8 cm³/mol. The van der Waals surface area contributed by atoms with Crippen molar-refractivity contribution < 1.29 is 4.74 Å². The van der Waals surface area contributed by atoms with Crippen molar-refractivity contribution in [3.05, 3.63) is 35.4 Å². The Bertz CT molecular complexity index is 375. The number of hydrogen-bond acceptors (Lipinski definition) is 2. The van der Waals surface area contributed by atoms with Crippen LogP contribution in [0.1, 0.15) is 44.7 Å². The van der Waals surface area contributed by atoms with Crippen molar-refractivity contribution in [2.24, 2.45) is 0 Å². The Hall–Kier alpha value is -0.860. The van der Waals surface area contributed by atoms with Crippen LogP contribution in [0.3, 0.4) is 0 Å². The molecule has 2 nitrogen and oxygen atoms in total. The molecular formula is C16H25NO. The topological polar surface area (TPSA) is 21.3 Å². The molecule has 2 rings (SSSR count). The molecule has 0 bridgehead atoms. The SMILES string of the molecule is CC(C)(C)c1ccccc1CNCC1CCCO1. The highest BCUT2D eigenvalue weighted by Crippen LogP contribution is 2.25. The molecule has 0 amide bonds. The second kappa shape index (κ2) is 5.85. The number of rotatable bonds is 4. The minimum Gasteiger partial charge on any atom is -0.377 e. The lowest BCUT2D eigenvalue weighted by molar-refractivity contribution is 0.110. The Kier molecular flexibility index (Phi) is 4.41. The van der Waals surface area contributed by atoms with Crippen LogP contribution in [0.25, 0.3) is 0 Å². The summed E-state index contributed by atoms with van der Waals surface area (Å²) in [4.78, 5) is 0. The van der Waals surface area contributed by atoms with Gasteiger partial charge < -0.3 is 10.1 Å². The van der Waals surface area contributed by atoms with Gasteiger partial charge in [-0.2, -0.15) is 0 Å². The molecule has 0 radical (unpaired) electrons. The van der Waals surface area contributed by atoms with Crippen molar-refractivity contribution in [1.29, 1.82) is 0 Å². The highest BCUT2D eigenvalue weighted by molar-refractivity contribution is 5.32. The summed E-state index contributed by atoms with van der Waals surface area (Å²) in [6.45, 7) is 9.65. The maximum atomic E-state index is 5.63. The number of benzene rings is 1. The standard InChI is InChI=1S/C16H25NO/c1-16(2,3)15-9-5-4-7-13(15)11-17-12-14-8-6-10-18-14/h4-5,7,9,14,17H,6,8,10-12H2,1-3H3. The average molecular weight is 247 g/mol. The van der Waals surface area contributed by atoms with Gasteiger partial charge in [0.25, 0.3) is 0 Å². The normalized spacial score (nSPS) is 20.3. The van der Waals surface area contributed by atoms with Crippen LogP contribution in [0.2, 0.25) is 0 Å². The van der Waals surface area contributed by atoms with Crippen LogP contribution in [0.4, 0.5) is 0 Å². The molecule has 1 aliphatic rings. The van der Waals surface area contributed by atoms with Gasteiger partial charge in [0.15, 0.2) is 0 Å². The third-order valence-corrected chi connectivity index (χ3v) is 3.54. The van der Waals surface area contributed by atoms with Crippen molar-refractivity contribution in [2.45, 2.75) is 51.7 Å². The summed E-state index contributed by atoms with van der Waals surface area (Å²) in [5.74, 6) is 0. The molecule has 1 aromatic rings. The summed E-state index contributed by atoms with van der Waals surface area (Å²) in [6.07, 6.45) is 2.84. The molecule has 1 unspecified atom stereocenters. The first kappa shape index (κ1) is 13.6.